The van der Waals surface area contributed by atoms with E-state index in [4.69, 9.17) is 9.53 Å². The van der Waals surface area contributed by atoms with Crippen LogP contribution in [0.1, 0.15) is 131 Å². The maximum Gasteiger partial charge on any atom is 0.306 e. The Kier molecular flexibility index (Phi) is 19.6. The Hall–Kier alpha value is -2.36. The summed E-state index contributed by atoms with van der Waals surface area (Å²) < 4.78 is 5.34. The number of phenols is 1. The predicted octanol–water partition coefficient (Wildman–Crippen LogP) is 9.17. The van der Waals surface area contributed by atoms with Gasteiger partial charge in [-0.05, 0) is 60.6 Å². The third-order valence-electron chi connectivity index (χ3n) is 5.84. The summed E-state index contributed by atoms with van der Waals surface area (Å²) in [6, 6.07) is 4.08. The van der Waals surface area contributed by atoms with Crippen LogP contribution in [0.15, 0.2) is 36.4 Å². The molecule has 0 fully saturated rings. The molecule has 0 spiro atoms. The molecule has 0 heterocycles. The molecule has 4 nitrogen and oxygen atoms in total. The lowest BCUT2D eigenvalue weighted by Crippen LogP contribution is -2.18. The molecule has 0 aliphatic heterocycles. The normalized spacial score (nSPS) is 11.5. The molecule has 1 aromatic rings. The Morgan fingerprint density at radius 3 is 1.78 bits per heavy atom. The molecular weight excluding hydrogens is 460 g/mol. The van der Waals surface area contributed by atoms with E-state index in [1.807, 2.05) is 25.1 Å². The molecule has 1 aromatic carbocycles. The lowest BCUT2D eigenvalue weighted by atomic mass is 9.78. The zero-order valence-electron chi connectivity index (χ0n) is 25.6. The number of hydrogen-bond donors (Lipinski definition) is 1. The fourth-order valence-corrected chi connectivity index (χ4v) is 3.67. The molecule has 1 rings (SSSR count). The molecule has 0 bridgehead atoms. The first-order valence-electron chi connectivity index (χ1n) is 13.9. The number of unbranched alkanes of at least 4 members (excludes halogenated alkanes) is 3. The maximum absolute atomic E-state index is 12.0. The van der Waals surface area contributed by atoms with Gasteiger partial charge in [0.2, 0.25) is 0 Å². The summed E-state index contributed by atoms with van der Waals surface area (Å²) in [5.41, 5.74) is 4.01. The summed E-state index contributed by atoms with van der Waals surface area (Å²) in [5.74, 6) is 0.247. The van der Waals surface area contributed by atoms with Crippen molar-refractivity contribution in [1.82, 2.24) is 0 Å². The lowest BCUT2D eigenvalue weighted by molar-refractivity contribution is -0.143. The third-order valence-corrected chi connectivity index (χ3v) is 5.84. The minimum atomic E-state index is -0.153. The van der Waals surface area contributed by atoms with Gasteiger partial charge in [0.15, 0.2) is 0 Å². The second-order valence-corrected chi connectivity index (χ2v) is 11.4. The van der Waals surface area contributed by atoms with Crippen LogP contribution < -0.4 is 0 Å². The van der Waals surface area contributed by atoms with Gasteiger partial charge in [0.1, 0.15) is 12.0 Å². The summed E-state index contributed by atoms with van der Waals surface area (Å²) in [6.07, 6.45) is 12.6. The van der Waals surface area contributed by atoms with Gasteiger partial charge in [-0.25, -0.2) is 0 Å². The molecule has 0 atom stereocenters. The highest BCUT2D eigenvalue weighted by molar-refractivity contribution is 5.69. The third kappa shape index (κ3) is 16.9. The summed E-state index contributed by atoms with van der Waals surface area (Å²) in [5, 5.41) is 10.8. The van der Waals surface area contributed by atoms with Gasteiger partial charge in [0, 0.05) is 6.42 Å². The Labute approximate surface area is 228 Å². The average Bonchev–Trinajstić information content (AvgIpc) is 2.81. The number of phenolic OH excluding ortho intramolecular Hbond substituents is 1. The molecule has 0 aliphatic rings. The number of benzene rings is 1. The number of aldehydes is 1. The molecule has 0 aromatic heterocycles. The van der Waals surface area contributed by atoms with Crippen molar-refractivity contribution in [1.29, 1.82) is 0 Å². The standard InChI is InChI=1S/C23H38O3.C8H14.C2H4O/c1-8-9-10-11-14-26-20(24)13-12-17-15-18(22(2,3)4)21(25)19(16-17)23(5,6)7;1-4-7-8(5-2)6-3;1-2-3/h15-16,25H,8-14H2,1-7H3;5-6H,2,4,7H2,1,3H3;2H,1H3/b;8-6+;. The zero-order valence-corrected chi connectivity index (χ0v) is 25.6. The van der Waals surface area contributed by atoms with Crippen molar-refractivity contribution in [3.8, 4) is 5.75 Å². The number of carbonyl (C=O) groups is 2. The van der Waals surface area contributed by atoms with Gasteiger partial charge in [-0.1, -0.05) is 118 Å². The second-order valence-electron chi connectivity index (χ2n) is 11.4. The Balaban J connectivity index is 0. The van der Waals surface area contributed by atoms with Crippen LogP contribution in [-0.4, -0.2) is 24.0 Å². The molecule has 0 saturated heterocycles. The smallest absolute Gasteiger partial charge is 0.306 e. The molecule has 4 heteroatoms. The quantitative estimate of drug-likeness (QED) is 0.138. The summed E-state index contributed by atoms with van der Waals surface area (Å²) in [6.45, 7) is 24.6. The van der Waals surface area contributed by atoms with Gasteiger partial charge < -0.3 is 14.6 Å². The summed E-state index contributed by atoms with van der Waals surface area (Å²) >= 11 is 0. The Morgan fingerprint density at radius 1 is 0.919 bits per heavy atom. The predicted molar refractivity (Wildman–Crippen MR) is 160 cm³/mol. The summed E-state index contributed by atoms with van der Waals surface area (Å²) in [7, 11) is 0. The molecule has 0 saturated carbocycles. The van der Waals surface area contributed by atoms with Gasteiger partial charge in [0.25, 0.3) is 0 Å². The fourth-order valence-electron chi connectivity index (χ4n) is 3.67. The average molecular weight is 517 g/mol. The highest BCUT2D eigenvalue weighted by Gasteiger charge is 2.26. The number of ether oxygens (including phenoxy) is 1. The van der Waals surface area contributed by atoms with Crippen molar-refractivity contribution in [2.45, 2.75) is 131 Å². The van der Waals surface area contributed by atoms with Gasteiger partial charge in [0.05, 0.1) is 6.61 Å². The van der Waals surface area contributed by atoms with E-state index in [9.17, 15) is 9.90 Å². The van der Waals surface area contributed by atoms with E-state index in [-0.39, 0.29) is 16.8 Å². The first kappa shape index (κ1) is 36.8. The van der Waals surface area contributed by atoms with Gasteiger partial charge in [-0.2, -0.15) is 0 Å². The Bertz CT molecular complexity index is 785. The van der Waals surface area contributed by atoms with Crippen LogP contribution >= 0.6 is 0 Å². The van der Waals surface area contributed by atoms with Crippen molar-refractivity contribution in [2.75, 3.05) is 6.61 Å². The van der Waals surface area contributed by atoms with Crippen LogP contribution in [0.3, 0.4) is 0 Å². The molecule has 212 valence electrons. The minimum Gasteiger partial charge on any atom is -0.507 e. The number of hydrogen-bond acceptors (Lipinski definition) is 4. The van der Waals surface area contributed by atoms with Crippen LogP contribution in [0.4, 0.5) is 0 Å². The first-order valence-corrected chi connectivity index (χ1v) is 13.9. The molecule has 37 heavy (non-hydrogen) atoms. The number of rotatable bonds is 11. The number of aromatic hydroxyl groups is 1. The van der Waals surface area contributed by atoms with Crippen LogP contribution in [0.25, 0.3) is 0 Å². The maximum atomic E-state index is 12.0. The van der Waals surface area contributed by atoms with E-state index in [0.717, 1.165) is 35.8 Å². The van der Waals surface area contributed by atoms with Gasteiger partial charge >= 0.3 is 5.97 Å². The number of allylic oxidation sites excluding steroid dienone is 3. The van der Waals surface area contributed by atoms with Crippen LogP contribution in [-0.2, 0) is 31.6 Å². The van der Waals surface area contributed by atoms with E-state index < -0.39 is 0 Å². The molecule has 0 radical (unpaired) electrons. The fraction of sp³-hybridized carbons (Fsp3) is 0.636. The molecule has 0 aliphatic carbocycles. The number of carbonyl (C=O) groups excluding carboxylic acids is 2. The van der Waals surface area contributed by atoms with E-state index in [1.54, 1.807) is 0 Å². The molecule has 0 unspecified atom stereocenters. The van der Waals surface area contributed by atoms with E-state index in [0.29, 0.717) is 25.2 Å². The largest absolute Gasteiger partial charge is 0.507 e. The lowest BCUT2D eigenvalue weighted by Gasteiger charge is -2.28. The molecule has 0 amide bonds. The van der Waals surface area contributed by atoms with Gasteiger partial charge in [-0.15, -0.1) is 0 Å². The van der Waals surface area contributed by atoms with Crippen LogP contribution in [0.5, 0.6) is 5.75 Å². The van der Waals surface area contributed by atoms with Crippen molar-refractivity contribution >= 4 is 12.3 Å². The topological polar surface area (TPSA) is 63.6 Å². The first-order chi connectivity index (χ1) is 17.2. The highest BCUT2D eigenvalue weighted by Crippen LogP contribution is 2.40. The second kappa shape index (κ2) is 19.7. The van der Waals surface area contributed by atoms with Crippen molar-refractivity contribution < 1.29 is 19.4 Å². The van der Waals surface area contributed by atoms with Crippen LogP contribution in [0, 0.1) is 0 Å². The van der Waals surface area contributed by atoms with Crippen LogP contribution in [0.2, 0.25) is 0 Å². The minimum absolute atomic E-state index is 0.135. The van der Waals surface area contributed by atoms with E-state index >= 15 is 0 Å². The van der Waals surface area contributed by atoms with Crippen molar-refractivity contribution in [3.63, 3.8) is 0 Å². The molecular formula is C33H56O4. The van der Waals surface area contributed by atoms with Crippen molar-refractivity contribution in [3.05, 3.63) is 53.1 Å². The zero-order chi connectivity index (χ0) is 29.1. The number of aryl methyl sites for hydroxylation is 1. The Morgan fingerprint density at radius 2 is 1.43 bits per heavy atom. The SMILES string of the molecule is C=C/C(=C\C)CCC.CC=O.CCCCCCOC(=O)CCc1cc(C(C)(C)C)c(O)c(C(C)(C)C)c1. The van der Waals surface area contributed by atoms with E-state index in [1.165, 1.54) is 38.2 Å². The monoisotopic (exact) mass is 516 g/mol. The highest BCUT2D eigenvalue weighted by atomic mass is 16.5. The molecule has 1 N–H and O–H groups in total. The summed E-state index contributed by atoms with van der Waals surface area (Å²) in [4.78, 5) is 20.8. The van der Waals surface area contributed by atoms with Gasteiger partial charge in [-0.3, -0.25) is 4.79 Å². The van der Waals surface area contributed by atoms with E-state index in [2.05, 4.69) is 68.0 Å². The number of esters is 1. The van der Waals surface area contributed by atoms with Crippen molar-refractivity contribution in [2.24, 2.45) is 0 Å².